The second-order valence-electron chi connectivity index (χ2n) is 3.75. The van der Waals surface area contributed by atoms with Gasteiger partial charge in [0.15, 0.2) is 11.6 Å². The molecule has 0 radical (unpaired) electrons. The zero-order valence-corrected chi connectivity index (χ0v) is 11.3. The van der Waals surface area contributed by atoms with E-state index in [9.17, 15) is 9.59 Å². The van der Waals surface area contributed by atoms with Crippen LogP contribution in [-0.4, -0.2) is 11.6 Å². The summed E-state index contributed by atoms with van der Waals surface area (Å²) in [5.41, 5.74) is 2.02. The molecule has 0 saturated carbocycles. The Kier molecular flexibility index (Phi) is 6.00. The van der Waals surface area contributed by atoms with E-state index in [4.69, 9.17) is 0 Å². The molecule has 2 aromatic carbocycles. The molecule has 5 heteroatoms. The molecule has 0 bridgehead atoms. The van der Waals surface area contributed by atoms with E-state index in [2.05, 4.69) is 0 Å². The van der Waals surface area contributed by atoms with Gasteiger partial charge >= 0.3 is 21.7 Å². The van der Waals surface area contributed by atoms with Crippen LogP contribution in [0.3, 0.4) is 0 Å². The molecule has 0 aromatic heterocycles. The summed E-state index contributed by atoms with van der Waals surface area (Å²) in [6.07, 6.45) is 0. The first-order valence-corrected chi connectivity index (χ1v) is 5.06. The van der Waals surface area contributed by atoms with Crippen LogP contribution in [-0.2, 0) is 32.7 Å². The Bertz CT molecular complexity index is 517. The Morgan fingerprint density at radius 1 is 0.526 bits per heavy atom. The maximum Gasteiger partial charge on any atom is 4.00 e. The van der Waals surface area contributed by atoms with Crippen LogP contribution in [0.2, 0.25) is 0 Å². The van der Waals surface area contributed by atoms with Gasteiger partial charge in [0.05, 0.1) is 0 Å². The topological polar surface area (TPSA) is 91.1 Å². The monoisotopic (exact) mass is 288 g/mol. The fraction of sp³-hybridized carbons (Fsp3) is 0. The van der Waals surface area contributed by atoms with Crippen LogP contribution in [0.1, 0.15) is 31.8 Å². The SMILES string of the molecule is O=C1c2ccccc2C(=O)c2ccccc21.[O-2].[O-2].[Ti+4]. The third-order valence-corrected chi connectivity index (χ3v) is 2.83. The molecule has 1 aliphatic carbocycles. The molecule has 0 fully saturated rings. The maximum absolute atomic E-state index is 12.1. The molecular formula is C14H8O4Ti. The van der Waals surface area contributed by atoms with Crippen molar-refractivity contribution >= 4 is 11.6 Å². The molecule has 92 valence electrons. The molecule has 0 N–H and O–H groups in total. The molecule has 2 aromatic rings. The summed E-state index contributed by atoms with van der Waals surface area (Å²) in [4.78, 5) is 24.2. The number of hydrogen-bond acceptors (Lipinski definition) is 2. The van der Waals surface area contributed by atoms with Gasteiger partial charge < -0.3 is 11.0 Å². The van der Waals surface area contributed by atoms with E-state index in [0.717, 1.165) is 0 Å². The molecule has 0 heterocycles. The summed E-state index contributed by atoms with van der Waals surface area (Å²) in [5, 5.41) is 0. The largest absolute Gasteiger partial charge is 4.00 e. The van der Waals surface area contributed by atoms with Crippen molar-refractivity contribution in [2.75, 3.05) is 0 Å². The molecule has 0 saturated heterocycles. The van der Waals surface area contributed by atoms with Gasteiger partial charge in [-0.15, -0.1) is 0 Å². The average Bonchev–Trinajstić information content (AvgIpc) is 2.36. The van der Waals surface area contributed by atoms with Gasteiger partial charge in [0, 0.05) is 22.3 Å². The average molecular weight is 288 g/mol. The summed E-state index contributed by atoms with van der Waals surface area (Å²) in [7, 11) is 0. The number of fused-ring (bicyclic) bond motifs is 2. The molecule has 19 heavy (non-hydrogen) atoms. The van der Waals surface area contributed by atoms with Crippen LogP contribution in [0, 0.1) is 0 Å². The number of carbonyl (C=O) groups excluding carboxylic acids is 2. The molecular weight excluding hydrogens is 280 g/mol. The van der Waals surface area contributed by atoms with Crippen LogP contribution in [0.4, 0.5) is 0 Å². The molecule has 4 nitrogen and oxygen atoms in total. The Morgan fingerprint density at radius 2 is 0.737 bits per heavy atom. The van der Waals surface area contributed by atoms with Crippen molar-refractivity contribution in [1.29, 1.82) is 0 Å². The minimum absolute atomic E-state index is 0. The zero-order valence-electron chi connectivity index (χ0n) is 9.75. The fourth-order valence-corrected chi connectivity index (χ4v) is 2.05. The Morgan fingerprint density at radius 3 is 0.947 bits per heavy atom. The Balaban J connectivity index is 0.00000108. The first-order chi connectivity index (χ1) is 7.79. The molecule has 0 aliphatic heterocycles. The Labute approximate surface area is 125 Å². The van der Waals surface area contributed by atoms with Crippen LogP contribution < -0.4 is 0 Å². The van der Waals surface area contributed by atoms with Gasteiger partial charge in [0.25, 0.3) is 0 Å². The van der Waals surface area contributed by atoms with Crippen molar-refractivity contribution in [2.45, 2.75) is 0 Å². The van der Waals surface area contributed by atoms with E-state index in [1.807, 2.05) is 0 Å². The number of benzene rings is 2. The molecule has 0 spiro atoms. The standard InChI is InChI=1S/C14H8O2.2O.Ti/c15-13-9-5-1-2-6-10(9)14(16)12-8-4-3-7-11(12)13;;;/h1-8H;;;/q;2*-2;+4. The summed E-state index contributed by atoms with van der Waals surface area (Å²) < 4.78 is 0. The minimum atomic E-state index is -0.0641. The number of carbonyl (C=O) groups is 2. The molecule has 0 atom stereocenters. The first-order valence-electron chi connectivity index (χ1n) is 5.06. The summed E-state index contributed by atoms with van der Waals surface area (Å²) in [6.45, 7) is 0. The third-order valence-electron chi connectivity index (χ3n) is 2.83. The molecule has 0 unspecified atom stereocenters. The van der Waals surface area contributed by atoms with Gasteiger partial charge in [0.1, 0.15) is 0 Å². The van der Waals surface area contributed by atoms with Crippen molar-refractivity contribution in [3.63, 3.8) is 0 Å². The van der Waals surface area contributed by atoms with Crippen LogP contribution in [0.25, 0.3) is 0 Å². The van der Waals surface area contributed by atoms with Crippen molar-refractivity contribution in [3.8, 4) is 0 Å². The number of ketones is 2. The molecule has 1 aliphatic rings. The summed E-state index contributed by atoms with van der Waals surface area (Å²) >= 11 is 0. The second-order valence-corrected chi connectivity index (χ2v) is 3.75. The predicted molar refractivity (Wildman–Crippen MR) is 61.1 cm³/mol. The van der Waals surface area contributed by atoms with Crippen molar-refractivity contribution < 1.29 is 42.3 Å². The minimum Gasteiger partial charge on any atom is -2.00 e. The fourth-order valence-electron chi connectivity index (χ4n) is 2.05. The van der Waals surface area contributed by atoms with Crippen LogP contribution in [0.15, 0.2) is 48.5 Å². The third kappa shape index (κ3) is 2.57. The van der Waals surface area contributed by atoms with Crippen molar-refractivity contribution in [3.05, 3.63) is 70.8 Å². The zero-order chi connectivity index (χ0) is 11.1. The van der Waals surface area contributed by atoms with E-state index in [0.29, 0.717) is 22.3 Å². The maximum atomic E-state index is 12.1. The van der Waals surface area contributed by atoms with Gasteiger partial charge in [-0.2, -0.15) is 0 Å². The first kappa shape index (κ1) is 17.4. The Hall–Kier alpha value is -1.59. The van der Waals surface area contributed by atoms with E-state index in [1.165, 1.54) is 0 Å². The molecule has 3 rings (SSSR count). The second kappa shape index (κ2) is 6.54. The van der Waals surface area contributed by atoms with Gasteiger partial charge in [-0.05, 0) is 0 Å². The normalized spacial score (nSPS) is 11.2. The van der Waals surface area contributed by atoms with Gasteiger partial charge in [0.2, 0.25) is 0 Å². The van der Waals surface area contributed by atoms with E-state index >= 15 is 0 Å². The van der Waals surface area contributed by atoms with Crippen LogP contribution >= 0.6 is 0 Å². The van der Waals surface area contributed by atoms with Gasteiger partial charge in [-0.1, -0.05) is 48.5 Å². The smallest absolute Gasteiger partial charge is 2.00 e. The van der Waals surface area contributed by atoms with Crippen LogP contribution in [0.5, 0.6) is 0 Å². The number of rotatable bonds is 0. The van der Waals surface area contributed by atoms with Gasteiger partial charge in [-0.25, -0.2) is 0 Å². The van der Waals surface area contributed by atoms with E-state index < -0.39 is 0 Å². The quantitative estimate of drug-likeness (QED) is 0.593. The number of hydrogen-bond donors (Lipinski definition) is 0. The van der Waals surface area contributed by atoms with Crippen molar-refractivity contribution in [2.24, 2.45) is 0 Å². The van der Waals surface area contributed by atoms with E-state index in [-0.39, 0.29) is 44.2 Å². The van der Waals surface area contributed by atoms with E-state index in [1.54, 1.807) is 48.5 Å². The predicted octanol–water partition coefficient (Wildman–Crippen LogP) is 2.22. The summed E-state index contributed by atoms with van der Waals surface area (Å²) in [5.74, 6) is -0.128. The molecule has 0 amide bonds. The van der Waals surface area contributed by atoms with Gasteiger partial charge in [-0.3, -0.25) is 9.59 Å². The summed E-state index contributed by atoms with van der Waals surface area (Å²) in [6, 6.07) is 13.9. The van der Waals surface area contributed by atoms with Crippen molar-refractivity contribution in [1.82, 2.24) is 0 Å².